The first-order valence-corrected chi connectivity index (χ1v) is 7.84. The van der Waals surface area contributed by atoms with Gasteiger partial charge in [-0.3, -0.25) is 4.90 Å². The van der Waals surface area contributed by atoms with Gasteiger partial charge in [0.1, 0.15) is 0 Å². The van der Waals surface area contributed by atoms with E-state index in [1.165, 1.54) is 19.4 Å². The third kappa shape index (κ3) is 3.66. The maximum Gasteiger partial charge on any atom is 0.0595 e. The van der Waals surface area contributed by atoms with Crippen molar-refractivity contribution in [2.24, 2.45) is 5.73 Å². The van der Waals surface area contributed by atoms with Crippen LogP contribution in [0.3, 0.4) is 0 Å². The third-order valence-electron chi connectivity index (χ3n) is 4.25. The maximum absolute atomic E-state index is 6.11. The zero-order valence-corrected chi connectivity index (χ0v) is 13.7. The highest BCUT2D eigenvalue weighted by molar-refractivity contribution is 6.42. The van der Waals surface area contributed by atoms with Gasteiger partial charge in [-0.05, 0) is 51.2 Å². The van der Waals surface area contributed by atoms with Gasteiger partial charge in [0.25, 0.3) is 0 Å². The number of hydrogen-bond donors (Lipinski definition) is 1. The minimum atomic E-state index is 0.179. The van der Waals surface area contributed by atoms with E-state index in [0.29, 0.717) is 22.6 Å². The summed E-state index contributed by atoms with van der Waals surface area (Å²) in [5.41, 5.74) is 7.10. The Labute approximate surface area is 131 Å². The Morgan fingerprint density at radius 3 is 2.70 bits per heavy atom. The molecule has 5 heteroatoms. The molecule has 0 saturated carbocycles. The molecule has 2 unspecified atom stereocenters. The second-order valence-corrected chi connectivity index (χ2v) is 6.46. The van der Waals surface area contributed by atoms with Crippen molar-refractivity contribution >= 4 is 23.2 Å². The summed E-state index contributed by atoms with van der Waals surface area (Å²) in [7, 11) is 4.33. The molecule has 2 rings (SSSR count). The Balaban J connectivity index is 2.08. The summed E-state index contributed by atoms with van der Waals surface area (Å²) >= 11 is 12.1. The van der Waals surface area contributed by atoms with Gasteiger partial charge in [0.15, 0.2) is 0 Å². The number of halogens is 2. The fourth-order valence-corrected chi connectivity index (χ4v) is 3.27. The Morgan fingerprint density at radius 1 is 1.40 bits per heavy atom. The van der Waals surface area contributed by atoms with Crippen LogP contribution in [0.25, 0.3) is 0 Å². The molecule has 0 aliphatic carbocycles. The van der Waals surface area contributed by atoms with E-state index in [1.54, 1.807) is 0 Å². The molecule has 0 bridgehead atoms. The average molecular weight is 316 g/mol. The SMILES string of the molecule is CN1CCCC1CN(C)C(CN)c1ccc(Cl)c(Cl)c1. The van der Waals surface area contributed by atoms with E-state index >= 15 is 0 Å². The standard InChI is InChI=1S/C15H23Cl2N3/c1-19-7-3-4-12(19)10-20(2)15(9-18)11-5-6-13(16)14(17)8-11/h5-6,8,12,15H,3-4,7,9-10,18H2,1-2H3. The molecule has 0 spiro atoms. The van der Waals surface area contributed by atoms with Gasteiger partial charge in [-0.2, -0.15) is 0 Å². The van der Waals surface area contributed by atoms with Crippen molar-refractivity contribution in [2.75, 3.05) is 33.7 Å². The average Bonchev–Trinajstić information content (AvgIpc) is 2.80. The number of hydrogen-bond acceptors (Lipinski definition) is 3. The van der Waals surface area contributed by atoms with Crippen molar-refractivity contribution in [1.29, 1.82) is 0 Å². The van der Waals surface area contributed by atoms with E-state index in [9.17, 15) is 0 Å². The molecule has 0 radical (unpaired) electrons. The number of likely N-dealkylation sites (tertiary alicyclic amines) is 1. The summed E-state index contributed by atoms with van der Waals surface area (Å²) in [5.74, 6) is 0. The summed E-state index contributed by atoms with van der Waals surface area (Å²) in [6.45, 7) is 2.79. The molecule has 1 aromatic rings. The number of benzene rings is 1. The van der Waals surface area contributed by atoms with Crippen molar-refractivity contribution in [1.82, 2.24) is 9.80 Å². The van der Waals surface area contributed by atoms with Crippen LogP contribution < -0.4 is 5.73 Å². The molecular formula is C15H23Cl2N3. The second-order valence-electron chi connectivity index (χ2n) is 5.64. The summed E-state index contributed by atoms with van der Waals surface area (Å²) in [4.78, 5) is 4.75. The van der Waals surface area contributed by atoms with E-state index in [4.69, 9.17) is 28.9 Å². The lowest BCUT2D eigenvalue weighted by Gasteiger charge is -2.32. The smallest absolute Gasteiger partial charge is 0.0595 e. The van der Waals surface area contributed by atoms with Crippen LogP contribution in [0, 0.1) is 0 Å². The van der Waals surface area contributed by atoms with Crippen LogP contribution in [0.4, 0.5) is 0 Å². The Morgan fingerprint density at radius 2 is 2.15 bits per heavy atom. The van der Waals surface area contributed by atoms with Gasteiger partial charge in [-0.25, -0.2) is 0 Å². The number of likely N-dealkylation sites (N-methyl/N-ethyl adjacent to an activating group) is 2. The Kier molecular flexibility index (Phi) is 5.70. The van der Waals surface area contributed by atoms with Crippen molar-refractivity contribution in [3.05, 3.63) is 33.8 Å². The van der Waals surface area contributed by atoms with E-state index < -0.39 is 0 Å². The van der Waals surface area contributed by atoms with Crippen molar-refractivity contribution < 1.29 is 0 Å². The lowest BCUT2D eigenvalue weighted by molar-refractivity contribution is 0.179. The largest absolute Gasteiger partial charge is 0.329 e. The van der Waals surface area contributed by atoms with E-state index in [-0.39, 0.29) is 6.04 Å². The van der Waals surface area contributed by atoms with Crippen molar-refractivity contribution in [3.63, 3.8) is 0 Å². The summed E-state index contributed by atoms with van der Waals surface area (Å²) in [6, 6.07) is 6.59. The number of nitrogens with two attached hydrogens (primary N) is 1. The maximum atomic E-state index is 6.11. The molecule has 20 heavy (non-hydrogen) atoms. The highest BCUT2D eigenvalue weighted by atomic mass is 35.5. The summed E-state index contributed by atoms with van der Waals surface area (Å²) in [6.07, 6.45) is 2.55. The molecule has 1 fully saturated rings. The monoisotopic (exact) mass is 315 g/mol. The fourth-order valence-electron chi connectivity index (χ4n) is 2.96. The first kappa shape index (κ1) is 16.1. The quantitative estimate of drug-likeness (QED) is 0.906. The van der Waals surface area contributed by atoms with Crippen molar-refractivity contribution in [2.45, 2.75) is 24.9 Å². The van der Waals surface area contributed by atoms with Gasteiger partial charge >= 0.3 is 0 Å². The van der Waals surface area contributed by atoms with Crippen LogP contribution in [0.15, 0.2) is 18.2 Å². The zero-order chi connectivity index (χ0) is 14.7. The minimum Gasteiger partial charge on any atom is -0.329 e. The lowest BCUT2D eigenvalue weighted by atomic mass is 10.0. The third-order valence-corrected chi connectivity index (χ3v) is 4.99. The first-order valence-electron chi connectivity index (χ1n) is 7.08. The molecule has 1 saturated heterocycles. The molecule has 1 heterocycles. The normalized spacial score (nSPS) is 21.6. The fraction of sp³-hybridized carbons (Fsp3) is 0.600. The lowest BCUT2D eigenvalue weighted by Crippen LogP contribution is -2.40. The first-order chi connectivity index (χ1) is 9.52. The molecule has 1 aliphatic heterocycles. The Bertz CT molecular complexity index is 453. The molecule has 2 atom stereocenters. The summed E-state index contributed by atoms with van der Waals surface area (Å²) < 4.78 is 0. The van der Waals surface area contributed by atoms with Crippen LogP contribution in [0.2, 0.25) is 10.0 Å². The van der Waals surface area contributed by atoms with Crippen LogP contribution in [0.1, 0.15) is 24.4 Å². The van der Waals surface area contributed by atoms with Crippen LogP contribution in [-0.4, -0.2) is 49.6 Å². The molecule has 1 aliphatic rings. The molecule has 0 aromatic heterocycles. The van der Waals surface area contributed by atoms with Crippen LogP contribution in [0.5, 0.6) is 0 Å². The van der Waals surface area contributed by atoms with Gasteiger partial charge in [0, 0.05) is 25.2 Å². The molecule has 2 N–H and O–H groups in total. The highest BCUT2D eigenvalue weighted by Crippen LogP contribution is 2.28. The molecule has 1 aromatic carbocycles. The Hall–Kier alpha value is -0.320. The molecule has 112 valence electrons. The minimum absolute atomic E-state index is 0.179. The topological polar surface area (TPSA) is 32.5 Å². The van der Waals surface area contributed by atoms with Crippen LogP contribution in [-0.2, 0) is 0 Å². The summed E-state index contributed by atoms with van der Waals surface area (Å²) in [5, 5.41) is 1.18. The highest BCUT2D eigenvalue weighted by Gasteiger charge is 2.25. The molecule has 0 amide bonds. The van der Waals surface area contributed by atoms with E-state index in [2.05, 4.69) is 23.9 Å². The zero-order valence-electron chi connectivity index (χ0n) is 12.1. The predicted octanol–water partition coefficient (Wildman–Crippen LogP) is 3.02. The van der Waals surface area contributed by atoms with Crippen LogP contribution >= 0.6 is 23.2 Å². The van der Waals surface area contributed by atoms with Crippen molar-refractivity contribution in [3.8, 4) is 0 Å². The van der Waals surface area contributed by atoms with Gasteiger partial charge in [0.2, 0.25) is 0 Å². The van der Waals surface area contributed by atoms with Gasteiger partial charge in [0.05, 0.1) is 10.0 Å². The van der Waals surface area contributed by atoms with E-state index in [1.807, 2.05) is 18.2 Å². The second kappa shape index (κ2) is 7.10. The predicted molar refractivity (Wildman–Crippen MR) is 86.5 cm³/mol. The van der Waals surface area contributed by atoms with E-state index in [0.717, 1.165) is 12.1 Å². The van der Waals surface area contributed by atoms with Gasteiger partial charge in [-0.15, -0.1) is 0 Å². The molecule has 3 nitrogen and oxygen atoms in total. The van der Waals surface area contributed by atoms with Gasteiger partial charge in [-0.1, -0.05) is 29.3 Å². The number of rotatable bonds is 5. The molecular weight excluding hydrogens is 293 g/mol. The number of nitrogens with zero attached hydrogens (tertiary/aromatic N) is 2. The van der Waals surface area contributed by atoms with Gasteiger partial charge < -0.3 is 10.6 Å².